The highest BCUT2D eigenvalue weighted by Crippen LogP contribution is 2.19. The van der Waals surface area contributed by atoms with Crippen LogP contribution < -0.4 is 0 Å². The molecule has 0 aliphatic carbocycles. The van der Waals surface area contributed by atoms with Crippen molar-refractivity contribution in [1.82, 2.24) is 5.06 Å². The molecule has 0 radical (unpaired) electrons. The van der Waals surface area contributed by atoms with Crippen LogP contribution in [0, 0.1) is 0 Å². The Morgan fingerprint density at radius 2 is 2.06 bits per heavy atom. The highest BCUT2D eigenvalue weighted by molar-refractivity contribution is 5.67. The zero-order valence-corrected chi connectivity index (χ0v) is 10.7. The molecule has 1 atom stereocenters. The van der Waals surface area contributed by atoms with Gasteiger partial charge in [0.25, 0.3) is 0 Å². The van der Waals surface area contributed by atoms with E-state index in [4.69, 9.17) is 9.57 Å². The van der Waals surface area contributed by atoms with E-state index < -0.39 is 11.7 Å². The monoisotopic (exact) mass is 227 g/mol. The molecule has 0 aromatic carbocycles. The molecule has 0 unspecified atom stereocenters. The average molecular weight is 227 g/mol. The molecule has 0 spiro atoms. The summed E-state index contributed by atoms with van der Waals surface area (Å²) in [6, 6.07) is 0. The lowest BCUT2D eigenvalue weighted by atomic mass is 10.2. The molecule has 0 aromatic rings. The third-order valence-electron chi connectivity index (χ3n) is 2.00. The molecule has 1 aliphatic heterocycles. The predicted octanol–water partition coefficient (Wildman–Crippen LogP) is 2.89. The van der Waals surface area contributed by atoms with Gasteiger partial charge in [0, 0.05) is 6.42 Å². The zero-order valence-electron chi connectivity index (χ0n) is 10.7. The van der Waals surface area contributed by atoms with E-state index in [1.165, 1.54) is 10.6 Å². The quantitative estimate of drug-likeness (QED) is 0.646. The van der Waals surface area contributed by atoms with E-state index in [1.807, 2.05) is 40.7 Å². The average Bonchev–Trinajstić information content (AvgIpc) is 2.48. The van der Waals surface area contributed by atoms with Crippen molar-refractivity contribution >= 4 is 6.09 Å². The number of nitrogens with zero attached hydrogens (tertiary/aromatic N) is 1. The fraction of sp³-hybridized carbons (Fsp3) is 0.750. The summed E-state index contributed by atoms with van der Waals surface area (Å²) in [5, 5.41) is 1.30. The van der Waals surface area contributed by atoms with Crippen LogP contribution in [0.15, 0.2) is 11.6 Å². The fourth-order valence-corrected chi connectivity index (χ4v) is 1.45. The lowest BCUT2D eigenvalue weighted by Gasteiger charge is -2.23. The van der Waals surface area contributed by atoms with E-state index in [-0.39, 0.29) is 6.10 Å². The van der Waals surface area contributed by atoms with Gasteiger partial charge in [0.1, 0.15) is 11.7 Å². The van der Waals surface area contributed by atoms with Crippen LogP contribution in [0.3, 0.4) is 0 Å². The number of rotatable bonds is 1. The smallest absolute Gasteiger partial charge is 0.434 e. The van der Waals surface area contributed by atoms with E-state index in [0.29, 0.717) is 6.54 Å². The molecular formula is C12H21NO3. The fourth-order valence-electron chi connectivity index (χ4n) is 1.45. The van der Waals surface area contributed by atoms with Gasteiger partial charge in [-0.3, -0.25) is 4.84 Å². The largest absolute Gasteiger partial charge is 0.442 e. The molecule has 1 amide bonds. The number of amides is 1. The molecule has 16 heavy (non-hydrogen) atoms. The van der Waals surface area contributed by atoms with Gasteiger partial charge < -0.3 is 4.74 Å². The van der Waals surface area contributed by atoms with Crippen molar-refractivity contribution in [2.45, 2.75) is 52.7 Å². The molecule has 4 heteroatoms. The van der Waals surface area contributed by atoms with Gasteiger partial charge in [-0.2, -0.15) is 5.06 Å². The first-order valence-electron chi connectivity index (χ1n) is 5.60. The second-order valence-corrected chi connectivity index (χ2v) is 5.26. The molecule has 92 valence electrons. The Balaban J connectivity index is 2.47. The first-order valence-corrected chi connectivity index (χ1v) is 5.60. The highest BCUT2D eigenvalue weighted by atomic mass is 16.7. The van der Waals surface area contributed by atoms with Crippen LogP contribution in [0.4, 0.5) is 4.79 Å². The van der Waals surface area contributed by atoms with Gasteiger partial charge in [0.2, 0.25) is 0 Å². The van der Waals surface area contributed by atoms with Crippen molar-refractivity contribution < 1.29 is 14.4 Å². The van der Waals surface area contributed by atoms with E-state index in [9.17, 15) is 4.79 Å². The van der Waals surface area contributed by atoms with Gasteiger partial charge in [-0.05, 0) is 34.6 Å². The third kappa shape index (κ3) is 4.23. The maximum Gasteiger partial charge on any atom is 0.434 e. The van der Waals surface area contributed by atoms with Crippen molar-refractivity contribution in [3.05, 3.63) is 11.6 Å². The minimum Gasteiger partial charge on any atom is -0.442 e. The van der Waals surface area contributed by atoms with Crippen LogP contribution in [-0.4, -0.2) is 29.4 Å². The lowest BCUT2D eigenvalue weighted by Crippen LogP contribution is -2.34. The van der Waals surface area contributed by atoms with Crippen LogP contribution in [-0.2, 0) is 9.57 Å². The standard InChI is InChI=1S/C12H21NO3/c1-9(2)8-10-6-7-13(16-10)11(14)15-12(3,4)5/h8,10H,6-7H2,1-5H3/t10-/m0/s1. The van der Waals surface area contributed by atoms with Gasteiger partial charge in [-0.25, -0.2) is 4.79 Å². The SMILES string of the molecule is CC(C)=C[C@@H]1CCN(C(=O)OC(C)(C)C)O1. The van der Waals surface area contributed by atoms with Crippen molar-refractivity contribution in [2.75, 3.05) is 6.54 Å². The Labute approximate surface area is 97.2 Å². The summed E-state index contributed by atoms with van der Waals surface area (Å²) < 4.78 is 5.22. The second kappa shape index (κ2) is 4.87. The molecule has 4 nitrogen and oxygen atoms in total. The highest BCUT2D eigenvalue weighted by Gasteiger charge is 2.29. The number of hydrogen-bond acceptors (Lipinski definition) is 3. The first-order chi connectivity index (χ1) is 7.28. The summed E-state index contributed by atoms with van der Waals surface area (Å²) in [5.41, 5.74) is 0.714. The number of carbonyl (C=O) groups is 1. The molecule has 1 saturated heterocycles. The lowest BCUT2D eigenvalue weighted by molar-refractivity contribution is -0.125. The number of hydrogen-bond donors (Lipinski definition) is 0. The number of carbonyl (C=O) groups excluding carboxylic acids is 1. The molecule has 0 aromatic heterocycles. The Hall–Kier alpha value is -1.03. The summed E-state index contributed by atoms with van der Waals surface area (Å²) in [6.07, 6.45) is 2.43. The molecule has 0 N–H and O–H groups in total. The summed E-state index contributed by atoms with van der Waals surface area (Å²) in [5.74, 6) is 0. The van der Waals surface area contributed by atoms with Gasteiger partial charge in [0.05, 0.1) is 6.54 Å². The molecule has 1 aliphatic rings. The van der Waals surface area contributed by atoms with E-state index in [1.54, 1.807) is 0 Å². The molecular weight excluding hydrogens is 206 g/mol. The van der Waals surface area contributed by atoms with Gasteiger partial charge in [-0.1, -0.05) is 11.6 Å². The maximum absolute atomic E-state index is 11.7. The van der Waals surface area contributed by atoms with Crippen molar-refractivity contribution in [3.63, 3.8) is 0 Å². The van der Waals surface area contributed by atoms with E-state index >= 15 is 0 Å². The van der Waals surface area contributed by atoms with Crippen LogP contribution in [0.5, 0.6) is 0 Å². The van der Waals surface area contributed by atoms with Gasteiger partial charge in [0.15, 0.2) is 0 Å². The Morgan fingerprint density at radius 1 is 1.44 bits per heavy atom. The number of ether oxygens (including phenoxy) is 1. The van der Waals surface area contributed by atoms with E-state index in [0.717, 1.165) is 6.42 Å². The van der Waals surface area contributed by atoms with Gasteiger partial charge >= 0.3 is 6.09 Å². The number of hydroxylamine groups is 2. The number of allylic oxidation sites excluding steroid dienone is 1. The molecule has 1 rings (SSSR count). The summed E-state index contributed by atoms with van der Waals surface area (Å²) in [6.45, 7) is 10.1. The van der Waals surface area contributed by atoms with Crippen LogP contribution in [0.25, 0.3) is 0 Å². The van der Waals surface area contributed by atoms with Crippen LogP contribution in [0.2, 0.25) is 0 Å². The van der Waals surface area contributed by atoms with Crippen LogP contribution in [0.1, 0.15) is 41.0 Å². The summed E-state index contributed by atoms with van der Waals surface area (Å²) in [7, 11) is 0. The zero-order chi connectivity index (χ0) is 12.3. The summed E-state index contributed by atoms with van der Waals surface area (Å²) >= 11 is 0. The van der Waals surface area contributed by atoms with Gasteiger partial charge in [-0.15, -0.1) is 0 Å². The Kier molecular flexibility index (Phi) is 3.97. The second-order valence-electron chi connectivity index (χ2n) is 5.26. The van der Waals surface area contributed by atoms with Crippen molar-refractivity contribution in [2.24, 2.45) is 0 Å². The minimum atomic E-state index is -0.477. The van der Waals surface area contributed by atoms with Crippen molar-refractivity contribution in [1.29, 1.82) is 0 Å². The summed E-state index contributed by atoms with van der Waals surface area (Å²) in [4.78, 5) is 17.1. The minimum absolute atomic E-state index is 0.00230. The van der Waals surface area contributed by atoms with Crippen molar-refractivity contribution in [3.8, 4) is 0 Å². The first kappa shape index (κ1) is 13.0. The molecule has 1 fully saturated rings. The predicted molar refractivity (Wildman–Crippen MR) is 61.9 cm³/mol. The topological polar surface area (TPSA) is 38.8 Å². The Bertz CT molecular complexity index is 287. The third-order valence-corrected chi connectivity index (χ3v) is 2.00. The molecule has 0 saturated carbocycles. The molecule has 1 heterocycles. The van der Waals surface area contributed by atoms with Crippen LogP contribution >= 0.6 is 0 Å². The Morgan fingerprint density at radius 3 is 2.56 bits per heavy atom. The maximum atomic E-state index is 11.7. The van der Waals surface area contributed by atoms with E-state index in [2.05, 4.69) is 0 Å². The molecule has 0 bridgehead atoms. The normalized spacial score (nSPS) is 20.8.